The molecule has 4 nitrogen and oxygen atoms in total. The van der Waals surface area contributed by atoms with Crippen LogP contribution in [0, 0.1) is 6.92 Å². The molecule has 8 heteroatoms. The Kier molecular flexibility index (Phi) is 7.33. The fourth-order valence-corrected chi connectivity index (χ4v) is 4.29. The van der Waals surface area contributed by atoms with Crippen molar-refractivity contribution in [2.24, 2.45) is 0 Å². The van der Waals surface area contributed by atoms with Crippen molar-refractivity contribution in [2.75, 3.05) is 5.32 Å². The van der Waals surface area contributed by atoms with Gasteiger partial charge >= 0.3 is 6.18 Å². The summed E-state index contributed by atoms with van der Waals surface area (Å²) in [7, 11) is 0. The summed E-state index contributed by atoms with van der Waals surface area (Å²) >= 11 is 1.01. The first-order valence-corrected chi connectivity index (χ1v) is 11.2. The maximum Gasteiger partial charge on any atom is 0.406 e. The van der Waals surface area contributed by atoms with E-state index in [1.165, 1.54) is 6.20 Å². The molecule has 1 N–H and O–H groups in total. The summed E-state index contributed by atoms with van der Waals surface area (Å²) in [6.07, 6.45) is -3.00. The number of aryl methyl sites for hydroxylation is 1. The molecule has 0 aliphatic rings. The van der Waals surface area contributed by atoms with Gasteiger partial charge in [0.2, 0.25) is 5.91 Å². The molecule has 3 rings (SSSR count). The highest BCUT2D eigenvalue weighted by atomic mass is 32.2. The number of amides is 1. The number of thioether (sulfide) groups is 1. The summed E-state index contributed by atoms with van der Waals surface area (Å²) in [5, 5.41) is 2.47. The molecule has 0 saturated carbocycles. The Balaban J connectivity index is 1.86. The molecule has 32 heavy (non-hydrogen) atoms. The van der Waals surface area contributed by atoms with Crippen LogP contribution in [-0.4, -0.2) is 26.9 Å². The van der Waals surface area contributed by atoms with Gasteiger partial charge in [-0.3, -0.25) is 4.79 Å². The number of imidazole rings is 1. The van der Waals surface area contributed by atoms with Crippen LogP contribution >= 0.6 is 11.8 Å². The van der Waals surface area contributed by atoms with Gasteiger partial charge in [0.1, 0.15) is 6.54 Å². The molecule has 1 atom stereocenters. The maximum absolute atomic E-state index is 13.3. The van der Waals surface area contributed by atoms with Gasteiger partial charge in [0.25, 0.3) is 0 Å². The van der Waals surface area contributed by atoms with Crippen molar-refractivity contribution < 1.29 is 18.0 Å². The molecule has 3 aromatic rings. The molecular formula is C24H26F3N3OS. The second-order valence-electron chi connectivity index (χ2n) is 7.94. The van der Waals surface area contributed by atoms with Crippen LogP contribution in [0.1, 0.15) is 37.8 Å². The molecule has 2 aromatic carbocycles. The number of hydrogen-bond donors (Lipinski definition) is 1. The first-order chi connectivity index (χ1) is 15.1. The quantitative estimate of drug-likeness (QED) is 0.400. The minimum Gasteiger partial charge on any atom is -0.325 e. The van der Waals surface area contributed by atoms with Crippen LogP contribution in [0.2, 0.25) is 0 Å². The molecule has 1 unspecified atom stereocenters. The van der Waals surface area contributed by atoms with E-state index in [9.17, 15) is 18.0 Å². The van der Waals surface area contributed by atoms with Crippen molar-refractivity contribution in [3.05, 3.63) is 65.9 Å². The van der Waals surface area contributed by atoms with Crippen molar-refractivity contribution in [2.45, 2.75) is 56.7 Å². The number of nitrogens with zero attached hydrogens (tertiary/aromatic N) is 2. The van der Waals surface area contributed by atoms with Crippen LogP contribution in [0.25, 0.3) is 11.3 Å². The number of carbonyl (C=O) groups excluding carboxylic acids is 1. The number of alkyl halides is 3. The van der Waals surface area contributed by atoms with Crippen molar-refractivity contribution >= 4 is 23.4 Å². The van der Waals surface area contributed by atoms with Crippen LogP contribution in [0.4, 0.5) is 18.9 Å². The lowest BCUT2D eigenvalue weighted by Crippen LogP contribution is -2.25. The highest BCUT2D eigenvalue weighted by Gasteiger charge is 2.31. The molecule has 0 saturated heterocycles. The molecule has 0 bridgehead atoms. The van der Waals surface area contributed by atoms with E-state index in [1.807, 2.05) is 39.0 Å². The average molecular weight is 462 g/mol. The number of aromatic nitrogens is 2. The number of hydrogen-bond acceptors (Lipinski definition) is 3. The number of carbonyl (C=O) groups is 1. The van der Waals surface area contributed by atoms with Crippen LogP contribution in [0.15, 0.2) is 59.9 Å². The second-order valence-corrected chi connectivity index (χ2v) is 9.24. The number of anilines is 1. The Morgan fingerprint density at radius 1 is 1.09 bits per heavy atom. The number of rotatable bonds is 7. The van der Waals surface area contributed by atoms with Crippen LogP contribution in [-0.2, 0) is 11.3 Å². The largest absolute Gasteiger partial charge is 0.406 e. The highest BCUT2D eigenvalue weighted by Crippen LogP contribution is 2.33. The molecule has 0 aliphatic carbocycles. The normalized spacial score (nSPS) is 12.8. The monoisotopic (exact) mass is 461 g/mol. The van der Waals surface area contributed by atoms with Gasteiger partial charge in [-0.25, -0.2) is 4.98 Å². The summed E-state index contributed by atoms with van der Waals surface area (Å²) in [4.78, 5) is 17.1. The minimum absolute atomic E-state index is 0.151. The molecular weight excluding hydrogens is 435 g/mol. The molecule has 0 aliphatic heterocycles. The lowest BCUT2D eigenvalue weighted by Gasteiger charge is -2.19. The van der Waals surface area contributed by atoms with Gasteiger partial charge in [0.15, 0.2) is 5.16 Å². The van der Waals surface area contributed by atoms with E-state index in [1.54, 1.807) is 37.3 Å². The van der Waals surface area contributed by atoms with Crippen LogP contribution in [0.5, 0.6) is 0 Å². The molecule has 0 fully saturated rings. The Labute approximate surface area is 190 Å². The summed E-state index contributed by atoms with van der Waals surface area (Å²) in [5.41, 5.74) is 3.70. The third-order valence-corrected chi connectivity index (χ3v) is 6.16. The van der Waals surface area contributed by atoms with Gasteiger partial charge in [-0.05, 0) is 36.5 Å². The molecule has 1 amide bonds. The zero-order valence-corrected chi connectivity index (χ0v) is 19.2. The van der Waals surface area contributed by atoms with Gasteiger partial charge in [-0.15, -0.1) is 0 Å². The Morgan fingerprint density at radius 3 is 2.41 bits per heavy atom. The first-order valence-electron chi connectivity index (χ1n) is 10.3. The van der Waals surface area contributed by atoms with E-state index < -0.39 is 18.0 Å². The standard InChI is InChI=1S/C24H26F3N3OS/c1-15(2)19-12-8-9-16(3)21(19)29-22(31)17(4)32-23-28-13-20(18-10-6-5-7-11-18)30(23)14-24(25,26)27/h5-13,15,17H,14H2,1-4H3,(H,29,31). The van der Waals surface area contributed by atoms with Crippen LogP contribution in [0.3, 0.4) is 0 Å². The van der Waals surface area contributed by atoms with E-state index in [0.717, 1.165) is 33.1 Å². The summed E-state index contributed by atoms with van der Waals surface area (Å²) in [5.74, 6) is -0.0682. The summed E-state index contributed by atoms with van der Waals surface area (Å²) in [6, 6.07) is 14.6. The zero-order chi connectivity index (χ0) is 23.5. The van der Waals surface area contributed by atoms with Gasteiger partial charge in [-0.1, -0.05) is 74.1 Å². The average Bonchev–Trinajstić information content (AvgIpc) is 3.10. The SMILES string of the molecule is Cc1cccc(C(C)C)c1NC(=O)C(C)Sc1ncc(-c2ccccc2)n1CC(F)(F)F. The lowest BCUT2D eigenvalue weighted by atomic mass is 9.98. The molecule has 1 heterocycles. The van der Waals surface area contributed by atoms with Gasteiger partial charge in [0, 0.05) is 5.69 Å². The molecule has 0 spiro atoms. The number of halogens is 3. The Hall–Kier alpha value is -2.74. The fraction of sp³-hybridized carbons (Fsp3) is 0.333. The number of benzene rings is 2. The molecule has 1 aromatic heterocycles. The van der Waals surface area contributed by atoms with E-state index >= 15 is 0 Å². The van der Waals surface area contributed by atoms with E-state index in [-0.39, 0.29) is 17.0 Å². The molecule has 170 valence electrons. The minimum atomic E-state index is -4.42. The summed E-state index contributed by atoms with van der Waals surface area (Å²) < 4.78 is 41.0. The zero-order valence-electron chi connectivity index (χ0n) is 18.4. The van der Waals surface area contributed by atoms with Gasteiger partial charge in [0.05, 0.1) is 17.1 Å². The predicted molar refractivity (Wildman–Crippen MR) is 123 cm³/mol. The summed E-state index contributed by atoms with van der Waals surface area (Å²) in [6.45, 7) is 6.50. The van der Waals surface area contributed by atoms with Crippen molar-refractivity contribution in [3.8, 4) is 11.3 Å². The van der Waals surface area contributed by atoms with Gasteiger partial charge < -0.3 is 9.88 Å². The fourth-order valence-electron chi connectivity index (χ4n) is 3.40. The van der Waals surface area contributed by atoms with E-state index in [4.69, 9.17) is 0 Å². The van der Waals surface area contributed by atoms with E-state index in [2.05, 4.69) is 10.3 Å². The Morgan fingerprint density at radius 2 is 1.78 bits per heavy atom. The maximum atomic E-state index is 13.3. The second kappa shape index (κ2) is 9.81. The smallest absolute Gasteiger partial charge is 0.325 e. The van der Waals surface area contributed by atoms with Gasteiger partial charge in [-0.2, -0.15) is 13.2 Å². The van der Waals surface area contributed by atoms with Crippen molar-refractivity contribution in [3.63, 3.8) is 0 Å². The lowest BCUT2D eigenvalue weighted by molar-refractivity contribution is -0.141. The highest BCUT2D eigenvalue weighted by molar-refractivity contribution is 8.00. The third kappa shape index (κ3) is 5.73. The van der Waals surface area contributed by atoms with E-state index in [0.29, 0.717) is 11.3 Å². The first kappa shape index (κ1) is 23.9. The Bertz CT molecular complexity index is 1080. The number of para-hydroxylation sites is 1. The van der Waals surface area contributed by atoms with Crippen molar-refractivity contribution in [1.82, 2.24) is 9.55 Å². The van der Waals surface area contributed by atoms with Crippen LogP contribution < -0.4 is 5.32 Å². The molecule has 0 radical (unpaired) electrons. The topological polar surface area (TPSA) is 46.9 Å². The third-order valence-electron chi connectivity index (χ3n) is 5.05. The number of nitrogens with one attached hydrogen (secondary N) is 1. The van der Waals surface area contributed by atoms with Crippen molar-refractivity contribution in [1.29, 1.82) is 0 Å². The predicted octanol–water partition coefficient (Wildman–Crippen LogP) is 6.66.